The van der Waals surface area contributed by atoms with Gasteiger partial charge in [-0.3, -0.25) is 0 Å². The third-order valence-corrected chi connectivity index (χ3v) is 3.14. The Bertz CT molecular complexity index is 471. The third-order valence-electron chi connectivity index (χ3n) is 3.14. The molecule has 1 saturated heterocycles. The van der Waals surface area contributed by atoms with Crippen molar-refractivity contribution in [3.63, 3.8) is 0 Å². The second-order valence-corrected chi connectivity index (χ2v) is 4.46. The van der Waals surface area contributed by atoms with E-state index in [0.717, 1.165) is 12.1 Å². The van der Waals surface area contributed by atoms with Crippen molar-refractivity contribution in [3.8, 4) is 0 Å². The number of alkyl halides is 3. The van der Waals surface area contributed by atoms with Crippen molar-refractivity contribution in [2.45, 2.75) is 38.4 Å². The molecule has 2 nitrogen and oxygen atoms in total. The Morgan fingerprint density at radius 2 is 2.17 bits per heavy atom. The lowest BCUT2D eigenvalue weighted by molar-refractivity contribution is -0.136. The van der Waals surface area contributed by atoms with Gasteiger partial charge in [-0.1, -0.05) is 6.92 Å². The van der Waals surface area contributed by atoms with E-state index in [1.807, 2.05) is 0 Å². The summed E-state index contributed by atoms with van der Waals surface area (Å²) < 4.78 is 40.7. The van der Waals surface area contributed by atoms with Crippen LogP contribution in [0.3, 0.4) is 0 Å². The van der Waals surface area contributed by atoms with E-state index in [0.29, 0.717) is 0 Å². The lowest BCUT2D eigenvalue weighted by Gasteiger charge is -2.02. The highest BCUT2D eigenvalue weighted by molar-refractivity contribution is 5.66. The van der Waals surface area contributed by atoms with Gasteiger partial charge in [-0.05, 0) is 44.0 Å². The molecule has 0 aromatic carbocycles. The average Bonchev–Trinajstić information content (AvgIpc) is 3.05. The van der Waals surface area contributed by atoms with Crippen molar-refractivity contribution in [2.24, 2.45) is 0 Å². The molecular formula is C13H16F3NO. The van der Waals surface area contributed by atoms with E-state index in [9.17, 15) is 13.2 Å². The van der Waals surface area contributed by atoms with E-state index in [4.69, 9.17) is 4.42 Å². The van der Waals surface area contributed by atoms with Crippen molar-refractivity contribution in [1.29, 1.82) is 0 Å². The van der Waals surface area contributed by atoms with Crippen LogP contribution in [0.2, 0.25) is 0 Å². The quantitative estimate of drug-likeness (QED) is 0.836. The Morgan fingerprint density at radius 1 is 1.39 bits per heavy atom. The highest BCUT2D eigenvalue weighted by atomic mass is 19.4. The summed E-state index contributed by atoms with van der Waals surface area (Å²) in [7, 11) is 0. The lowest BCUT2D eigenvalue weighted by Crippen LogP contribution is -2.19. The Labute approximate surface area is 103 Å². The fraction of sp³-hybridized carbons (Fsp3) is 0.538. The molecule has 5 heteroatoms. The number of hydrogen-bond donors (Lipinski definition) is 1. The molecule has 1 aliphatic rings. The topological polar surface area (TPSA) is 25.2 Å². The number of rotatable bonds is 1. The van der Waals surface area contributed by atoms with Gasteiger partial charge in [0.25, 0.3) is 0 Å². The summed E-state index contributed by atoms with van der Waals surface area (Å²) in [5.74, 6) is 0. The van der Waals surface area contributed by atoms with Gasteiger partial charge in [-0.2, -0.15) is 13.2 Å². The molecule has 1 atom stereocenters. The third kappa shape index (κ3) is 2.96. The van der Waals surface area contributed by atoms with Crippen LogP contribution < -0.4 is 5.32 Å². The smallest absolute Gasteiger partial charge is 0.420 e. The van der Waals surface area contributed by atoms with Gasteiger partial charge in [0.05, 0.1) is 0 Å². The highest BCUT2D eigenvalue weighted by Gasteiger charge is 2.34. The Morgan fingerprint density at radius 3 is 2.44 bits per heavy atom. The van der Waals surface area contributed by atoms with E-state index >= 15 is 0 Å². The highest BCUT2D eigenvalue weighted by Crippen LogP contribution is 2.36. The van der Waals surface area contributed by atoms with Gasteiger partial charge in [0.15, 0.2) is 0 Å². The monoisotopic (exact) mass is 259 g/mol. The summed E-state index contributed by atoms with van der Waals surface area (Å²) in [5, 5.41) is 3.41. The van der Waals surface area contributed by atoms with Crippen molar-refractivity contribution in [2.75, 3.05) is 6.54 Å². The van der Waals surface area contributed by atoms with Crippen molar-refractivity contribution in [1.82, 2.24) is 5.32 Å². The molecule has 2 bridgehead atoms. The van der Waals surface area contributed by atoms with E-state index in [1.165, 1.54) is 37.9 Å². The number of benzene rings is 1. The maximum atomic E-state index is 12.0. The zero-order valence-electron chi connectivity index (χ0n) is 10.2. The van der Waals surface area contributed by atoms with Crippen molar-refractivity contribution >= 4 is 11.2 Å². The normalized spacial score (nSPS) is 20.1. The molecule has 2 aromatic heterocycles. The van der Waals surface area contributed by atoms with Gasteiger partial charge in [-0.25, -0.2) is 0 Å². The summed E-state index contributed by atoms with van der Waals surface area (Å²) in [6, 6.07) is 4.66. The molecule has 0 aliphatic carbocycles. The van der Waals surface area contributed by atoms with Crippen LogP contribution in [0.4, 0.5) is 13.2 Å². The van der Waals surface area contributed by atoms with Crippen LogP contribution in [0, 0.1) is 0 Å². The van der Waals surface area contributed by atoms with Crippen LogP contribution in [0.1, 0.15) is 31.7 Å². The van der Waals surface area contributed by atoms with Crippen LogP contribution in [-0.4, -0.2) is 12.6 Å². The molecule has 1 aliphatic heterocycles. The van der Waals surface area contributed by atoms with Gasteiger partial charge in [0, 0.05) is 6.04 Å². The van der Waals surface area contributed by atoms with E-state index in [1.54, 1.807) is 0 Å². The number of furan rings is 2. The second-order valence-electron chi connectivity index (χ2n) is 4.46. The molecule has 3 rings (SSSR count). The van der Waals surface area contributed by atoms with E-state index in [-0.39, 0.29) is 11.2 Å². The number of nitrogens with one attached hydrogen (secondary N) is 1. The average molecular weight is 259 g/mol. The first-order valence-corrected chi connectivity index (χ1v) is 6.13. The number of fused-ring (bicyclic) bond motifs is 2. The van der Waals surface area contributed by atoms with E-state index < -0.39 is 11.7 Å². The van der Waals surface area contributed by atoms with Crippen LogP contribution in [0.15, 0.2) is 22.6 Å². The van der Waals surface area contributed by atoms with Gasteiger partial charge < -0.3 is 9.73 Å². The molecule has 1 unspecified atom stereocenters. The predicted octanol–water partition coefficient (Wildman–Crippen LogP) is 4.04. The first-order valence-electron chi connectivity index (χ1n) is 6.13. The SMILES string of the molecule is CCC1CCCN1.FC(F)(F)c1cc2ccc1o2. The van der Waals surface area contributed by atoms with Crippen LogP contribution in [0.25, 0.3) is 11.2 Å². The fourth-order valence-corrected chi connectivity index (χ4v) is 2.12. The minimum Gasteiger partial charge on any atom is -0.457 e. The molecule has 1 fully saturated rings. The summed E-state index contributed by atoms with van der Waals surface area (Å²) in [4.78, 5) is 0. The van der Waals surface area contributed by atoms with Gasteiger partial charge in [0.1, 0.15) is 16.7 Å². The molecule has 0 saturated carbocycles. The zero-order chi connectivity index (χ0) is 13.2. The van der Waals surface area contributed by atoms with Gasteiger partial charge in [-0.15, -0.1) is 0 Å². The second kappa shape index (κ2) is 5.18. The molecule has 1 N–H and O–H groups in total. The first-order chi connectivity index (χ1) is 8.50. The zero-order valence-corrected chi connectivity index (χ0v) is 10.2. The predicted molar refractivity (Wildman–Crippen MR) is 63.7 cm³/mol. The largest absolute Gasteiger partial charge is 0.457 e. The molecule has 18 heavy (non-hydrogen) atoms. The van der Waals surface area contributed by atoms with Crippen molar-refractivity contribution < 1.29 is 17.6 Å². The maximum Gasteiger partial charge on any atom is 0.420 e. The van der Waals surface area contributed by atoms with Gasteiger partial charge >= 0.3 is 6.18 Å². The number of halogens is 3. The summed E-state index contributed by atoms with van der Waals surface area (Å²) in [6.45, 7) is 3.49. The Hall–Kier alpha value is -1.23. The van der Waals surface area contributed by atoms with Crippen LogP contribution in [-0.2, 0) is 6.18 Å². The molecule has 2 aromatic rings. The minimum atomic E-state index is -4.29. The Balaban J connectivity index is 0.000000149. The molecule has 0 spiro atoms. The molecule has 3 heterocycles. The van der Waals surface area contributed by atoms with Crippen LogP contribution in [0.5, 0.6) is 0 Å². The molecule has 100 valence electrons. The maximum absolute atomic E-state index is 12.0. The number of hydrogen-bond acceptors (Lipinski definition) is 2. The van der Waals surface area contributed by atoms with Gasteiger partial charge in [0.2, 0.25) is 0 Å². The standard InChI is InChI=1S/C7H3F3O.C6H13N/c8-7(9,10)5-3-4-1-2-6(5)11-4;1-2-6-4-3-5-7-6/h1-3H;6-7H,2-5H2,1H3. The van der Waals surface area contributed by atoms with Crippen LogP contribution >= 0.6 is 0 Å². The van der Waals surface area contributed by atoms with Crippen molar-refractivity contribution in [3.05, 3.63) is 23.8 Å². The first kappa shape index (κ1) is 13.2. The summed E-state index contributed by atoms with van der Waals surface area (Å²) in [5.41, 5.74) is -0.505. The summed E-state index contributed by atoms with van der Waals surface area (Å²) in [6.07, 6.45) is -0.198. The lowest BCUT2D eigenvalue weighted by atomic mass is 10.2. The van der Waals surface area contributed by atoms with E-state index in [2.05, 4.69) is 12.2 Å². The molecular weight excluding hydrogens is 243 g/mol. The minimum absolute atomic E-state index is 0.0903. The Kier molecular flexibility index (Phi) is 3.80. The molecule has 0 radical (unpaired) electrons. The summed E-state index contributed by atoms with van der Waals surface area (Å²) >= 11 is 0. The molecule has 0 amide bonds. The fourth-order valence-electron chi connectivity index (χ4n) is 2.12.